The zero-order valence-corrected chi connectivity index (χ0v) is 11.1. The van der Waals surface area contributed by atoms with E-state index in [0.717, 1.165) is 0 Å². The summed E-state index contributed by atoms with van der Waals surface area (Å²) in [6.45, 7) is 0. The summed E-state index contributed by atoms with van der Waals surface area (Å²) in [5.74, 6) is -0.859. The molecule has 0 aliphatic heterocycles. The lowest BCUT2D eigenvalue weighted by atomic mass is 10.5. The highest BCUT2D eigenvalue weighted by atomic mass is 32.2. The van der Waals surface area contributed by atoms with Crippen molar-refractivity contribution in [3.05, 3.63) is 20.8 Å². The van der Waals surface area contributed by atoms with Gasteiger partial charge in [0.15, 0.2) is 16.3 Å². The Labute approximate surface area is 111 Å². The Hall–Kier alpha value is -2.03. The lowest BCUT2D eigenvalue weighted by Gasteiger charge is -2.02. The van der Waals surface area contributed by atoms with Gasteiger partial charge in [-0.2, -0.15) is 0 Å². The maximum Gasteiger partial charge on any atom is 0.329 e. The molecule has 8 nitrogen and oxygen atoms in total. The minimum absolute atomic E-state index is 0.108. The molecule has 0 saturated heterocycles. The van der Waals surface area contributed by atoms with Gasteiger partial charge in [-0.05, 0) is 6.42 Å². The largest absolute Gasteiger partial charge is 0.550 e. The van der Waals surface area contributed by atoms with Crippen LogP contribution in [0.1, 0.15) is 6.42 Å². The second kappa shape index (κ2) is 4.92. The van der Waals surface area contributed by atoms with Gasteiger partial charge in [0.1, 0.15) is 0 Å². The Bertz CT molecular complexity index is 757. The van der Waals surface area contributed by atoms with E-state index in [1.165, 1.54) is 27.9 Å². The van der Waals surface area contributed by atoms with Gasteiger partial charge in [0.2, 0.25) is 0 Å². The Morgan fingerprint density at radius 2 is 2.05 bits per heavy atom. The predicted molar refractivity (Wildman–Crippen MR) is 66.9 cm³/mol. The van der Waals surface area contributed by atoms with Crippen molar-refractivity contribution < 1.29 is 9.90 Å². The highest BCUT2D eigenvalue weighted by molar-refractivity contribution is 7.99. The number of aryl methyl sites for hydroxylation is 2. The van der Waals surface area contributed by atoms with Crippen LogP contribution in [0.25, 0.3) is 11.2 Å². The maximum absolute atomic E-state index is 11.7. The summed E-state index contributed by atoms with van der Waals surface area (Å²) < 4.78 is 2.77. The summed E-state index contributed by atoms with van der Waals surface area (Å²) >= 11 is 1.19. The first-order valence-corrected chi connectivity index (χ1v) is 6.38. The van der Waals surface area contributed by atoms with Crippen LogP contribution in [0, 0.1) is 0 Å². The van der Waals surface area contributed by atoms with Gasteiger partial charge < -0.3 is 14.5 Å². The number of carbonyl (C=O) groups is 1. The summed E-state index contributed by atoms with van der Waals surface area (Å²) in [5.41, 5.74) is -0.507. The van der Waals surface area contributed by atoms with E-state index in [1.807, 2.05) is 0 Å². The van der Waals surface area contributed by atoms with Crippen molar-refractivity contribution in [3.8, 4) is 0 Å². The molecule has 9 heteroatoms. The molecule has 0 saturated carbocycles. The van der Waals surface area contributed by atoms with Crippen LogP contribution in [0.15, 0.2) is 14.7 Å². The number of rotatable bonds is 4. The van der Waals surface area contributed by atoms with Crippen molar-refractivity contribution in [1.29, 1.82) is 0 Å². The van der Waals surface area contributed by atoms with E-state index >= 15 is 0 Å². The van der Waals surface area contributed by atoms with Gasteiger partial charge in [-0.1, -0.05) is 11.8 Å². The lowest BCUT2D eigenvalue weighted by molar-refractivity contribution is -0.305. The van der Waals surface area contributed by atoms with E-state index in [4.69, 9.17) is 0 Å². The lowest BCUT2D eigenvalue weighted by Crippen LogP contribution is -2.29. The predicted octanol–water partition coefficient (Wildman–Crippen LogP) is -1.81. The third-order valence-electron chi connectivity index (χ3n) is 2.63. The van der Waals surface area contributed by atoms with Crippen LogP contribution in [0.4, 0.5) is 0 Å². The molecule has 0 unspecified atom stereocenters. The molecule has 2 heterocycles. The first kappa shape index (κ1) is 13.4. The molecular weight excluding hydrogens is 272 g/mol. The van der Waals surface area contributed by atoms with Crippen LogP contribution >= 0.6 is 11.8 Å². The van der Waals surface area contributed by atoms with Crippen molar-refractivity contribution in [2.75, 3.05) is 5.75 Å². The van der Waals surface area contributed by atoms with Crippen molar-refractivity contribution in [2.24, 2.45) is 14.1 Å². The fourth-order valence-electron chi connectivity index (χ4n) is 1.64. The number of hydrogen-bond donors (Lipinski definition) is 1. The van der Waals surface area contributed by atoms with Gasteiger partial charge in [0.25, 0.3) is 5.56 Å². The summed E-state index contributed by atoms with van der Waals surface area (Å²) in [6, 6.07) is 0. The normalized spacial score (nSPS) is 11.1. The molecule has 0 fully saturated rings. The highest BCUT2D eigenvalue weighted by Gasteiger charge is 2.14. The molecule has 0 bridgehead atoms. The fourth-order valence-corrected chi connectivity index (χ4v) is 2.53. The molecule has 0 aliphatic rings. The van der Waals surface area contributed by atoms with E-state index in [2.05, 4.69) is 9.97 Å². The summed E-state index contributed by atoms with van der Waals surface area (Å²) in [6.07, 6.45) is -0.108. The Morgan fingerprint density at radius 3 is 2.68 bits per heavy atom. The number of aliphatic carboxylic acids is 1. The average molecular weight is 283 g/mol. The monoisotopic (exact) mass is 283 g/mol. The molecule has 102 valence electrons. The van der Waals surface area contributed by atoms with E-state index < -0.39 is 17.2 Å². The number of imidazole rings is 1. The number of aromatic nitrogens is 4. The number of carboxylic acid groups (broad SMARTS) is 1. The van der Waals surface area contributed by atoms with Crippen LogP contribution in [0.2, 0.25) is 0 Å². The second-order valence-corrected chi connectivity index (χ2v) is 4.98. The molecule has 2 aromatic rings. The summed E-state index contributed by atoms with van der Waals surface area (Å²) in [7, 11) is 3.14. The summed E-state index contributed by atoms with van der Waals surface area (Å²) in [4.78, 5) is 39.9. The minimum Gasteiger partial charge on any atom is -0.550 e. The van der Waals surface area contributed by atoms with Gasteiger partial charge in [0, 0.05) is 25.8 Å². The van der Waals surface area contributed by atoms with Gasteiger partial charge in [-0.15, -0.1) is 0 Å². The zero-order valence-electron chi connectivity index (χ0n) is 10.3. The third-order valence-corrected chi connectivity index (χ3v) is 3.66. The van der Waals surface area contributed by atoms with Crippen molar-refractivity contribution >= 4 is 28.9 Å². The highest BCUT2D eigenvalue weighted by Crippen LogP contribution is 2.20. The van der Waals surface area contributed by atoms with Crippen LogP contribution in [-0.4, -0.2) is 30.8 Å². The zero-order chi connectivity index (χ0) is 14.2. The first-order chi connectivity index (χ1) is 8.91. The van der Waals surface area contributed by atoms with Crippen LogP contribution < -0.4 is 16.4 Å². The number of aromatic amines is 1. The Morgan fingerprint density at radius 1 is 1.37 bits per heavy atom. The van der Waals surface area contributed by atoms with E-state index in [1.54, 1.807) is 7.05 Å². The van der Waals surface area contributed by atoms with Gasteiger partial charge in [-0.3, -0.25) is 14.3 Å². The van der Waals surface area contributed by atoms with Crippen molar-refractivity contribution in [3.63, 3.8) is 0 Å². The number of nitrogens with zero attached hydrogens (tertiary/aromatic N) is 3. The topological polar surface area (TPSA) is 113 Å². The molecule has 1 N–H and O–H groups in total. The third kappa shape index (κ3) is 2.41. The minimum atomic E-state index is -1.14. The molecule has 0 aromatic carbocycles. The quantitative estimate of drug-likeness (QED) is 0.662. The van der Waals surface area contributed by atoms with Crippen LogP contribution in [0.5, 0.6) is 0 Å². The van der Waals surface area contributed by atoms with Crippen LogP contribution in [-0.2, 0) is 18.9 Å². The van der Waals surface area contributed by atoms with Crippen molar-refractivity contribution in [2.45, 2.75) is 11.6 Å². The summed E-state index contributed by atoms with van der Waals surface area (Å²) in [5, 5.41) is 10.8. The van der Waals surface area contributed by atoms with Gasteiger partial charge in [-0.25, -0.2) is 9.78 Å². The fraction of sp³-hybridized carbons (Fsp3) is 0.400. The first-order valence-electron chi connectivity index (χ1n) is 5.40. The average Bonchev–Trinajstić information content (AvgIpc) is 2.64. The molecule has 0 radical (unpaired) electrons. The number of fused-ring (bicyclic) bond motifs is 1. The number of carbonyl (C=O) groups excluding carboxylic acids is 1. The standard InChI is InChI=1S/C10H12N4O4S/c1-13-6-7(14(2)9(18)12-8(6)17)11-10(13)19-4-3-5(15)16/h3-4H2,1-2H3,(H,15,16)(H,12,17,18)/p-1. The maximum atomic E-state index is 11.7. The molecule has 0 spiro atoms. The Kier molecular flexibility index (Phi) is 3.47. The van der Waals surface area contributed by atoms with Gasteiger partial charge >= 0.3 is 5.69 Å². The molecule has 19 heavy (non-hydrogen) atoms. The van der Waals surface area contributed by atoms with E-state index in [-0.39, 0.29) is 23.3 Å². The number of thioether (sulfide) groups is 1. The number of nitrogens with one attached hydrogen (secondary N) is 1. The number of H-pyrrole nitrogens is 1. The molecule has 2 aromatic heterocycles. The SMILES string of the molecule is Cn1c(SCCC(=O)[O-])nc2c1c(=O)[nH]c(=O)n2C. The molecule has 0 aliphatic carbocycles. The smallest absolute Gasteiger partial charge is 0.329 e. The van der Waals surface area contributed by atoms with Gasteiger partial charge in [0.05, 0.1) is 0 Å². The number of hydrogen-bond acceptors (Lipinski definition) is 6. The Balaban J connectivity index is 2.48. The molecular formula is C10H11N4O4S-. The second-order valence-electron chi connectivity index (χ2n) is 3.91. The van der Waals surface area contributed by atoms with E-state index in [0.29, 0.717) is 5.16 Å². The molecule has 2 rings (SSSR count). The van der Waals surface area contributed by atoms with Crippen molar-refractivity contribution in [1.82, 2.24) is 19.1 Å². The van der Waals surface area contributed by atoms with E-state index in [9.17, 15) is 19.5 Å². The van der Waals surface area contributed by atoms with Crippen LogP contribution in [0.3, 0.4) is 0 Å². The number of carboxylic acids is 1. The molecule has 0 atom stereocenters. The molecule has 0 amide bonds.